The van der Waals surface area contributed by atoms with E-state index in [2.05, 4.69) is 21.2 Å². The first-order valence-corrected chi connectivity index (χ1v) is 7.53. The van der Waals surface area contributed by atoms with Crippen LogP contribution >= 0.6 is 28.1 Å². The van der Waals surface area contributed by atoms with Gasteiger partial charge in [0.2, 0.25) is 5.91 Å². The van der Waals surface area contributed by atoms with Crippen LogP contribution in [0.5, 0.6) is 0 Å². The largest absolute Gasteiger partial charge is 0.392 e. The van der Waals surface area contributed by atoms with Crippen LogP contribution in [-0.2, 0) is 4.79 Å². The summed E-state index contributed by atoms with van der Waals surface area (Å²) in [5.74, 6) is -0.0996. The quantitative estimate of drug-likeness (QED) is 0.833. The van der Waals surface area contributed by atoms with Gasteiger partial charge in [-0.3, -0.25) is 4.79 Å². The number of fused-ring (bicyclic) bond motifs is 1. The molecule has 0 heterocycles. The summed E-state index contributed by atoms with van der Waals surface area (Å²) < 4.78 is 1.00. The third-order valence-corrected chi connectivity index (χ3v) is 4.86. The van der Waals surface area contributed by atoms with E-state index in [1.807, 2.05) is 36.4 Å². The highest BCUT2D eigenvalue weighted by Gasteiger charge is 2.52. The van der Waals surface area contributed by atoms with Gasteiger partial charge in [0.15, 0.2) is 0 Å². The van der Waals surface area contributed by atoms with Crippen molar-refractivity contribution in [2.75, 3.05) is 5.32 Å². The molecular formula is C15H13BrN2OS. The number of anilines is 1. The number of amides is 1. The maximum Gasteiger partial charge on any atom is 0.237 e. The second kappa shape index (κ2) is 4.82. The standard InChI is InChI=1S/C15H13BrN2OS/c16-11-5-6-12(10-4-2-1-3-9(10)11)18-14(19)15(7-8-15)13(17)20/h1-6H,7-8H2,(H2,17,20)(H,18,19). The first-order chi connectivity index (χ1) is 9.54. The minimum absolute atomic E-state index is 0.0996. The van der Waals surface area contributed by atoms with Crippen LogP contribution in [0.3, 0.4) is 0 Å². The zero-order valence-electron chi connectivity index (χ0n) is 10.7. The Morgan fingerprint density at radius 2 is 1.85 bits per heavy atom. The summed E-state index contributed by atoms with van der Waals surface area (Å²) in [6.07, 6.45) is 1.48. The van der Waals surface area contributed by atoms with Crippen molar-refractivity contribution >= 4 is 55.5 Å². The van der Waals surface area contributed by atoms with Gasteiger partial charge in [0.1, 0.15) is 0 Å². The predicted molar refractivity (Wildman–Crippen MR) is 88.7 cm³/mol. The summed E-state index contributed by atoms with van der Waals surface area (Å²) in [6.45, 7) is 0. The molecule has 102 valence electrons. The number of hydrogen-bond acceptors (Lipinski definition) is 2. The summed E-state index contributed by atoms with van der Waals surface area (Å²) in [5, 5.41) is 5.02. The van der Waals surface area contributed by atoms with Crippen molar-refractivity contribution in [1.29, 1.82) is 0 Å². The second-order valence-corrected chi connectivity index (χ2v) is 6.34. The van der Waals surface area contributed by atoms with E-state index in [0.717, 1.165) is 33.8 Å². The lowest BCUT2D eigenvalue weighted by Crippen LogP contribution is -2.35. The van der Waals surface area contributed by atoms with Crippen molar-refractivity contribution in [3.05, 3.63) is 40.9 Å². The fourth-order valence-corrected chi connectivity index (χ4v) is 3.10. The Bertz CT molecular complexity index is 725. The van der Waals surface area contributed by atoms with Gasteiger partial charge in [-0.05, 0) is 30.4 Å². The molecule has 0 aliphatic heterocycles. The molecule has 3 N–H and O–H groups in total. The Morgan fingerprint density at radius 1 is 1.20 bits per heavy atom. The van der Waals surface area contributed by atoms with E-state index in [1.165, 1.54) is 0 Å². The van der Waals surface area contributed by atoms with Crippen LogP contribution in [0.15, 0.2) is 40.9 Å². The maximum absolute atomic E-state index is 12.4. The Balaban J connectivity index is 1.98. The number of halogens is 1. The number of carbonyl (C=O) groups is 1. The van der Waals surface area contributed by atoms with Gasteiger partial charge in [-0.2, -0.15) is 0 Å². The monoisotopic (exact) mass is 348 g/mol. The fourth-order valence-electron chi connectivity index (χ4n) is 2.32. The van der Waals surface area contributed by atoms with Crippen molar-refractivity contribution in [1.82, 2.24) is 0 Å². The Labute approximate surface area is 130 Å². The number of nitrogens with two attached hydrogens (primary N) is 1. The van der Waals surface area contributed by atoms with E-state index >= 15 is 0 Å². The summed E-state index contributed by atoms with van der Waals surface area (Å²) >= 11 is 8.53. The molecule has 1 aliphatic rings. The SMILES string of the molecule is NC(=S)C1(C(=O)Nc2ccc(Br)c3ccccc23)CC1. The first-order valence-electron chi connectivity index (χ1n) is 6.33. The molecule has 0 atom stereocenters. The van der Waals surface area contributed by atoms with Crippen LogP contribution < -0.4 is 11.1 Å². The number of rotatable bonds is 3. The highest BCUT2D eigenvalue weighted by Crippen LogP contribution is 2.47. The van der Waals surface area contributed by atoms with Crippen molar-refractivity contribution in [2.45, 2.75) is 12.8 Å². The smallest absolute Gasteiger partial charge is 0.237 e. The molecule has 3 nitrogen and oxygen atoms in total. The molecule has 0 aromatic heterocycles. The van der Waals surface area contributed by atoms with Gasteiger partial charge >= 0.3 is 0 Å². The summed E-state index contributed by atoms with van der Waals surface area (Å²) in [7, 11) is 0. The lowest BCUT2D eigenvalue weighted by molar-refractivity contribution is -0.118. The molecule has 1 fully saturated rings. The third-order valence-electron chi connectivity index (χ3n) is 3.78. The van der Waals surface area contributed by atoms with Gasteiger partial charge in [-0.25, -0.2) is 0 Å². The Morgan fingerprint density at radius 3 is 2.45 bits per heavy atom. The van der Waals surface area contributed by atoms with E-state index in [1.54, 1.807) is 0 Å². The van der Waals surface area contributed by atoms with Gasteiger partial charge in [-0.15, -0.1) is 0 Å². The molecule has 5 heteroatoms. The fraction of sp³-hybridized carbons (Fsp3) is 0.200. The molecule has 0 spiro atoms. The molecule has 0 unspecified atom stereocenters. The first kappa shape index (κ1) is 13.5. The number of benzene rings is 2. The molecule has 0 bridgehead atoms. The molecule has 1 aliphatic carbocycles. The molecule has 0 radical (unpaired) electrons. The van der Waals surface area contributed by atoms with E-state index in [-0.39, 0.29) is 10.9 Å². The van der Waals surface area contributed by atoms with Crippen LogP contribution in [0.25, 0.3) is 10.8 Å². The summed E-state index contributed by atoms with van der Waals surface area (Å²) in [6, 6.07) is 11.7. The Hall–Kier alpha value is -1.46. The maximum atomic E-state index is 12.4. The number of carbonyl (C=O) groups excluding carboxylic acids is 1. The minimum atomic E-state index is -0.635. The van der Waals surface area contributed by atoms with Crippen LogP contribution in [0.1, 0.15) is 12.8 Å². The summed E-state index contributed by atoms with van der Waals surface area (Å²) in [5.41, 5.74) is 5.84. The van der Waals surface area contributed by atoms with Crippen molar-refractivity contribution in [2.24, 2.45) is 11.1 Å². The molecule has 0 saturated heterocycles. The highest BCUT2D eigenvalue weighted by molar-refractivity contribution is 9.10. The van der Waals surface area contributed by atoms with E-state index in [9.17, 15) is 4.79 Å². The van der Waals surface area contributed by atoms with Gasteiger partial charge in [0.25, 0.3) is 0 Å². The Kier molecular flexibility index (Phi) is 3.26. The number of thiocarbonyl (C=S) groups is 1. The molecule has 1 amide bonds. The molecule has 2 aromatic carbocycles. The average molecular weight is 349 g/mol. The van der Waals surface area contributed by atoms with Crippen LogP contribution in [0.4, 0.5) is 5.69 Å². The zero-order chi connectivity index (χ0) is 14.3. The van der Waals surface area contributed by atoms with E-state index in [0.29, 0.717) is 0 Å². The average Bonchev–Trinajstić information content (AvgIpc) is 3.24. The zero-order valence-corrected chi connectivity index (χ0v) is 13.1. The van der Waals surface area contributed by atoms with Gasteiger partial charge in [0, 0.05) is 15.5 Å². The minimum Gasteiger partial charge on any atom is -0.392 e. The topological polar surface area (TPSA) is 55.1 Å². The molecule has 20 heavy (non-hydrogen) atoms. The third kappa shape index (κ3) is 2.11. The van der Waals surface area contributed by atoms with Crippen LogP contribution in [0.2, 0.25) is 0 Å². The highest BCUT2D eigenvalue weighted by atomic mass is 79.9. The molecule has 1 saturated carbocycles. The predicted octanol–water partition coefficient (Wildman–Crippen LogP) is 3.61. The summed E-state index contributed by atoms with van der Waals surface area (Å²) in [4.78, 5) is 12.7. The van der Waals surface area contributed by atoms with E-state index in [4.69, 9.17) is 18.0 Å². The molecule has 2 aromatic rings. The van der Waals surface area contributed by atoms with Crippen molar-refractivity contribution in [3.63, 3.8) is 0 Å². The van der Waals surface area contributed by atoms with E-state index < -0.39 is 5.41 Å². The second-order valence-electron chi connectivity index (χ2n) is 5.04. The number of nitrogens with one attached hydrogen (secondary N) is 1. The van der Waals surface area contributed by atoms with Gasteiger partial charge in [0.05, 0.1) is 10.4 Å². The van der Waals surface area contributed by atoms with Crippen molar-refractivity contribution < 1.29 is 4.79 Å². The van der Waals surface area contributed by atoms with Crippen molar-refractivity contribution in [3.8, 4) is 0 Å². The lowest BCUT2D eigenvalue weighted by Gasteiger charge is -2.15. The lowest BCUT2D eigenvalue weighted by atomic mass is 10.0. The number of hydrogen-bond donors (Lipinski definition) is 2. The van der Waals surface area contributed by atoms with Crippen LogP contribution in [-0.4, -0.2) is 10.9 Å². The van der Waals surface area contributed by atoms with Gasteiger partial charge < -0.3 is 11.1 Å². The molecule has 3 rings (SSSR count). The normalized spacial score (nSPS) is 15.8. The van der Waals surface area contributed by atoms with Crippen LogP contribution in [0, 0.1) is 5.41 Å². The van der Waals surface area contributed by atoms with Gasteiger partial charge in [-0.1, -0.05) is 52.4 Å². The molecular weight excluding hydrogens is 336 g/mol.